The maximum Gasteiger partial charge on any atom is 0.0925 e. The van der Waals surface area contributed by atoms with Crippen LogP contribution in [-0.2, 0) is 17.7 Å². The summed E-state index contributed by atoms with van der Waals surface area (Å²) in [5.41, 5.74) is 2.31. The third kappa shape index (κ3) is 3.05. The van der Waals surface area contributed by atoms with Gasteiger partial charge in [-0.2, -0.15) is 0 Å². The van der Waals surface area contributed by atoms with Gasteiger partial charge in [0.1, 0.15) is 0 Å². The SMILES string of the molecule is CC1(C)CN(CC2Cc3nc[nH]c3CN2)CC(C)(C)O1. The fourth-order valence-corrected chi connectivity index (χ4v) is 3.75. The summed E-state index contributed by atoms with van der Waals surface area (Å²) in [5.74, 6) is 0. The Bertz CT molecular complexity index is 464. The summed E-state index contributed by atoms with van der Waals surface area (Å²) in [7, 11) is 0. The van der Waals surface area contributed by atoms with E-state index in [1.54, 1.807) is 6.33 Å². The number of nitrogens with one attached hydrogen (secondary N) is 2. The van der Waals surface area contributed by atoms with E-state index in [1.807, 2.05) is 0 Å². The normalized spacial score (nSPS) is 29.1. The number of fused-ring (bicyclic) bond motifs is 1. The van der Waals surface area contributed by atoms with Gasteiger partial charge in [0.05, 0.1) is 28.9 Å². The molecule has 0 amide bonds. The lowest BCUT2D eigenvalue weighted by molar-refractivity contribution is -0.181. The summed E-state index contributed by atoms with van der Waals surface area (Å²) >= 11 is 0. The topological polar surface area (TPSA) is 53.2 Å². The highest BCUT2D eigenvalue weighted by atomic mass is 16.5. The fraction of sp³-hybridized carbons (Fsp3) is 0.800. The van der Waals surface area contributed by atoms with Crippen molar-refractivity contribution < 1.29 is 4.74 Å². The minimum atomic E-state index is -0.0755. The number of nitrogens with zero attached hydrogens (tertiary/aromatic N) is 2. The van der Waals surface area contributed by atoms with Crippen LogP contribution in [0.1, 0.15) is 39.1 Å². The highest BCUT2D eigenvalue weighted by Crippen LogP contribution is 2.28. The number of imidazole rings is 1. The Morgan fingerprint density at radius 3 is 2.70 bits per heavy atom. The van der Waals surface area contributed by atoms with Crippen molar-refractivity contribution in [3.05, 3.63) is 17.7 Å². The minimum absolute atomic E-state index is 0.0755. The molecule has 0 spiro atoms. The van der Waals surface area contributed by atoms with Crippen LogP contribution >= 0.6 is 0 Å². The number of hydrogen-bond acceptors (Lipinski definition) is 4. The maximum atomic E-state index is 6.14. The van der Waals surface area contributed by atoms with E-state index in [0.717, 1.165) is 32.6 Å². The van der Waals surface area contributed by atoms with Crippen LogP contribution in [0.25, 0.3) is 0 Å². The third-order valence-corrected chi connectivity index (χ3v) is 4.05. The zero-order valence-electron chi connectivity index (χ0n) is 13.0. The minimum Gasteiger partial charge on any atom is -0.367 e. The van der Waals surface area contributed by atoms with Crippen LogP contribution in [0.15, 0.2) is 6.33 Å². The van der Waals surface area contributed by atoms with Crippen LogP contribution in [0.4, 0.5) is 0 Å². The molecule has 0 aromatic carbocycles. The number of ether oxygens (including phenoxy) is 1. The Kier molecular flexibility index (Phi) is 3.39. The van der Waals surface area contributed by atoms with Gasteiger partial charge in [0.2, 0.25) is 0 Å². The summed E-state index contributed by atoms with van der Waals surface area (Å²) in [5, 5.41) is 3.61. The molecule has 2 aliphatic rings. The van der Waals surface area contributed by atoms with Gasteiger partial charge in [0, 0.05) is 38.6 Å². The van der Waals surface area contributed by atoms with Crippen molar-refractivity contribution in [2.24, 2.45) is 0 Å². The molecule has 2 aliphatic heterocycles. The number of H-pyrrole nitrogens is 1. The molecule has 0 radical (unpaired) electrons. The van der Waals surface area contributed by atoms with Crippen LogP contribution in [-0.4, -0.2) is 51.7 Å². The molecule has 1 fully saturated rings. The van der Waals surface area contributed by atoms with Gasteiger partial charge in [-0.15, -0.1) is 0 Å². The highest BCUT2D eigenvalue weighted by Gasteiger charge is 2.38. The van der Waals surface area contributed by atoms with Crippen LogP contribution in [0.3, 0.4) is 0 Å². The zero-order chi connectivity index (χ0) is 14.4. The number of hydrogen-bond donors (Lipinski definition) is 2. The first kappa shape index (κ1) is 14.0. The Morgan fingerprint density at radius 1 is 1.30 bits per heavy atom. The molecule has 0 bridgehead atoms. The van der Waals surface area contributed by atoms with E-state index in [-0.39, 0.29) is 11.2 Å². The Labute approximate surface area is 121 Å². The van der Waals surface area contributed by atoms with E-state index in [0.29, 0.717) is 6.04 Å². The van der Waals surface area contributed by atoms with Crippen LogP contribution in [0.2, 0.25) is 0 Å². The molecule has 1 atom stereocenters. The lowest BCUT2D eigenvalue weighted by Gasteiger charge is -2.48. The smallest absolute Gasteiger partial charge is 0.0925 e. The van der Waals surface area contributed by atoms with Gasteiger partial charge in [-0.3, -0.25) is 4.90 Å². The fourth-order valence-electron chi connectivity index (χ4n) is 3.75. The molecule has 5 heteroatoms. The second-order valence-electron chi connectivity index (χ2n) is 7.40. The van der Waals surface area contributed by atoms with Crippen molar-refractivity contribution >= 4 is 0 Å². The first-order valence-electron chi connectivity index (χ1n) is 7.50. The van der Waals surface area contributed by atoms with Crippen molar-refractivity contribution in [3.63, 3.8) is 0 Å². The Morgan fingerprint density at radius 2 is 2.00 bits per heavy atom. The monoisotopic (exact) mass is 278 g/mol. The number of aromatic amines is 1. The number of aromatic nitrogens is 2. The van der Waals surface area contributed by atoms with Gasteiger partial charge in [-0.1, -0.05) is 0 Å². The van der Waals surface area contributed by atoms with E-state index in [4.69, 9.17) is 4.74 Å². The molecule has 2 N–H and O–H groups in total. The van der Waals surface area contributed by atoms with Crippen LogP contribution in [0, 0.1) is 0 Å². The van der Waals surface area contributed by atoms with Crippen molar-refractivity contribution in [1.82, 2.24) is 20.2 Å². The van der Waals surface area contributed by atoms with Gasteiger partial charge in [-0.25, -0.2) is 4.98 Å². The lowest BCUT2D eigenvalue weighted by Crippen LogP contribution is -2.59. The average Bonchev–Trinajstić information content (AvgIpc) is 2.71. The van der Waals surface area contributed by atoms with Gasteiger partial charge >= 0.3 is 0 Å². The molecular weight excluding hydrogens is 252 g/mol. The zero-order valence-corrected chi connectivity index (χ0v) is 13.0. The van der Waals surface area contributed by atoms with Gasteiger partial charge in [-0.05, 0) is 27.7 Å². The largest absolute Gasteiger partial charge is 0.367 e. The number of rotatable bonds is 2. The van der Waals surface area contributed by atoms with Crippen molar-refractivity contribution in [2.75, 3.05) is 19.6 Å². The van der Waals surface area contributed by atoms with E-state index in [2.05, 4.69) is 47.9 Å². The van der Waals surface area contributed by atoms with Crippen molar-refractivity contribution in [2.45, 2.75) is 57.9 Å². The predicted octanol–water partition coefficient (Wildman–Crippen LogP) is 1.31. The van der Waals surface area contributed by atoms with Gasteiger partial charge in [0.25, 0.3) is 0 Å². The molecule has 20 heavy (non-hydrogen) atoms. The molecule has 0 aliphatic carbocycles. The lowest BCUT2D eigenvalue weighted by atomic mass is 9.97. The molecule has 1 saturated heterocycles. The highest BCUT2D eigenvalue weighted by molar-refractivity contribution is 5.16. The first-order valence-corrected chi connectivity index (χ1v) is 7.50. The molecule has 3 heterocycles. The average molecular weight is 278 g/mol. The molecule has 1 aromatic rings. The standard InChI is InChI=1S/C15H26N4O/c1-14(2)8-19(9-15(3,4)20-14)7-11-5-12-13(6-16-11)18-10-17-12/h10-11,16H,5-9H2,1-4H3,(H,17,18). The van der Waals surface area contributed by atoms with Gasteiger partial charge < -0.3 is 15.0 Å². The van der Waals surface area contributed by atoms with Crippen molar-refractivity contribution in [3.8, 4) is 0 Å². The summed E-state index contributed by atoms with van der Waals surface area (Å²) < 4.78 is 6.14. The van der Waals surface area contributed by atoms with E-state index < -0.39 is 0 Å². The van der Waals surface area contributed by atoms with Crippen molar-refractivity contribution in [1.29, 1.82) is 0 Å². The van der Waals surface area contributed by atoms with E-state index in [9.17, 15) is 0 Å². The second-order valence-corrected chi connectivity index (χ2v) is 7.40. The summed E-state index contributed by atoms with van der Waals surface area (Å²) in [6.07, 6.45) is 2.81. The molecule has 1 unspecified atom stereocenters. The molecule has 0 saturated carbocycles. The third-order valence-electron chi connectivity index (χ3n) is 4.05. The maximum absolute atomic E-state index is 6.14. The first-order chi connectivity index (χ1) is 9.33. The summed E-state index contributed by atoms with van der Waals surface area (Å²) in [6, 6.07) is 0.482. The summed E-state index contributed by atoms with van der Waals surface area (Å²) in [6.45, 7) is 12.7. The Balaban J connectivity index is 1.64. The van der Waals surface area contributed by atoms with E-state index >= 15 is 0 Å². The summed E-state index contributed by atoms with van der Waals surface area (Å²) in [4.78, 5) is 10.1. The molecule has 5 nitrogen and oxygen atoms in total. The molecule has 3 rings (SSSR count). The van der Waals surface area contributed by atoms with Crippen LogP contribution < -0.4 is 5.32 Å². The molecule has 112 valence electrons. The van der Waals surface area contributed by atoms with Gasteiger partial charge in [0.15, 0.2) is 0 Å². The predicted molar refractivity (Wildman–Crippen MR) is 78.6 cm³/mol. The Hall–Kier alpha value is -0.910. The second kappa shape index (κ2) is 4.83. The molecular formula is C15H26N4O. The quantitative estimate of drug-likeness (QED) is 0.856. The molecule has 1 aromatic heterocycles. The van der Waals surface area contributed by atoms with Crippen LogP contribution in [0.5, 0.6) is 0 Å². The number of morpholine rings is 1. The van der Waals surface area contributed by atoms with E-state index in [1.165, 1.54) is 11.4 Å².